The molecule has 0 unspecified atom stereocenters. The quantitative estimate of drug-likeness (QED) is 0.156. The molecule has 4 aromatic rings. The van der Waals surface area contributed by atoms with Gasteiger partial charge >= 0.3 is 6.09 Å². The molecule has 1 N–H and O–H groups in total. The van der Waals surface area contributed by atoms with Crippen LogP contribution in [0.4, 0.5) is 14.9 Å². The zero-order valence-corrected chi connectivity index (χ0v) is 26.7. The average Bonchev–Trinajstić information content (AvgIpc) is 3.33. The number of nitrogens with zero attached hydrogens (tertiary/aromatic N) is 4. The molecular formula is C37H47FN4O2. The first kappa shape index (κ1) is 31.7. The van der Waals surface area contributed by atoms with Crippen LogP contribution in [-0.2, 0) is 13.5 Å². The van der Waals surface area contributed by atoms with Gasteiger partial charge in [-0.15, -0.1) is 0 Å². The number of allylic oxidation sites excluding steroid dienone is 1. The molecule has 7 heteroatoms. The molecule has 0 fully saturated rings. The van der Waals surface area contributed by atoms with E-state index in [-0.39, 0.29) is 24.2 Å². The number of amides is 1. The predicted octanol–water partition coefficient (Wildman–Crippen LogP) is 8.85. The normalized spacial score (nSPS) is 18.8. The first-order valence-corrected chi connectivity index (χ1v) is 16.1. The molecule has 1 aromatic heterocycles. The fraction of sp³-hybridized carbons (Fsp3) is 0.459. The number of hydrogen-bond donors (Lipinski definition) is 1. The van der Waals surface area contributed by atoms with E-state index in [0.29, 0.717) is 12.1 Å². The number of para-hydroxylation sites is 2. The van der Waals surface area contributed by atoms with Gasteiger partial charge in [0.1, 0.15) is 11.7 Å². The Morgan fingerprint density at radius 3 is 2.55 bits per heavy atom. The molecule has 44 heavy (non-hydrogen) atoms. The van der Waals surface area contributed by atoms with Gasteiger partial charge in [0, 0.05) is 31.1 Å². The molecule has 3 aromatic carbocycles. The summed E-state index contributed by atoms with van der Waals surface area (Å²) < 4.78 is 18.3. The molecule has 0 bridgehead atoms. The fourth-order valence-corrected chi connectivity index (χ4v) is 7.21. The van der Waals surface area contributed by atoms with Gasteiger partial charge in [0.05, 0.1) is 11.0 Å². The number of halogens is 1. The van der Waals surface area contributed by atoms with E-state index in [0.717, 1.165) is 73.7 Å². The minimum atomic E-state index is -1.05. The number of hydrogen-bond acceptors (Lipinski definition) is 3. The Balaban J connectivity index is 1.20. The molecule has 1 heterocycles. The summed E-state index contributed by atoms with van der Waals surface area (Å²) in [7, 11) is 4.24. The Labute approximate surface area is 261 Å². The van der Waals surface area contributed by atoms with E-state index in [1.165, 1.54) is 10.4 Å². The van der Waals surface area contributed by atoms with E-state index in [9.17, 15) is 9.90 Å². The van der Waals surface area contributed by atoms with Crippen LogP contribution in [0.5, 0.6) is 0 Å². The lowest BCUT2D eigenvalue weighted by Gasteiger charge is -2.47. The molecule has 1 aliphatic rings. The van der Waals surface area contributed by atoms with Crippen LogP contribution in [0.15, 0.2) is 78.6 Å². The summed E-state index contributed by atoms with van der Waals surface area (Å²) in [5, 5.41) is 12.4. The maximum atomic E-state index is 16.1. The van der Waals surface area contributed by atoms with Crippen molar-refractivity contribution in [1.29, 1.82) is 0 Å². The van der Waals surface area contributed by atoms with Gasteiger partial charge in [-0.1, -0.05) is 68.8 Å². The van der Waals surface area contributed by atoms with Gasteiger partial charge in [-0.25, -0.2) is 14.2 Å². The molecule has 234 valence electrons. The van der Waals surface area contributed by atoms with Gasteiger partial charge in [-0.05, 0) is 99.1 Å². The second-order valence-corrected chi connectivity index (χ2v) is 12.9. The molecule has 1 amide bonds. The SMILES string of the molecule is CC(C)[C@]1(CN(C(=O)O)c2ccc3ccccc3c2)C(F)=CCC[C@H]1CCN(C)CCCCCc1nc2ccccc2n1C. The highest BCUT2D eigenvalue weighted by molar-refractivity contribution is 5.92. The third-order valence-corrected chi connectivity index (χ3v) is 9.92. The van der Waals surface area contributed by atoms with Gasteiger partial charge in [-0.2, -0.15) is 0 Å². The Morgan fingerprint density at radius 2 is 1.80 bits per heavy atom. The third kappa shape index (κ3) is 6.68. The number of rotatable bonds is 13. The van der Waals surface area contributed by atoms with Gasteiger partial charge in [0.25, 0.3) is 0 Å². The Morgan fingerprint density at radius 1 is 1.05 bits per heavy atom. The van der Waals surface area contributed by atoms with Crippen molar-refractivity contribution in [3.8, 4) is 0 Å². The van der Waals surface area contributed by atoms with E-state index >= 15 is 4.39 Å². The van der Waals surface area contributed by atoms with E-state index in [2.05, 4.69) is 41.8 Å². The Bertz CT molecular complexity index is 1610. The molecule has 6 nitrogen and oxygen atoms in total. The lowest BCUT2D eigenvalue weighted by atomic mass is 9.61. The third-order valence-electron chi connectivity index (χ3n) is 9.92. The molecule has 0 saturated carbocycles. The summed E-state index contributed by atoms with van der Waals surface area (Å²) in [6.07, 6.45) is 7.34. The summed E-state index contributed by atoms with van der Waals surface area (Å²) in [5.74, 6) is 0.977. The molecule has 0 spiro atoms. The average molecular weight is 599 g/mol. The number of fused-ring (bicyclic) bond motifs is 2. The first-order chi connectivity index (χ1) is 21.2. The van der Waals surface area contributed by atoms with E-state index < -0.39 is 11.5 Å². The number of carboxylic acid groups (broad SMARTS) is 1. The van der Waals surface area contributed by atoms with Crippen molar-refractivity contribution in [2.24, 2.45) is 24.3 Å². The topological polar surface area (TPSA) is 61.6 Å². The maximum absolute atomic E-state index is 16.1. The zero-order valence-electron chi connectivity index (χ0n) is 26.7. The summed E-state index contributed by atoms with van der Waals surface area (Å²) in [5.41, 5.74) is 1.95. The van der Waals surface area contributed by atoms with Crippen LogP contribution in [0.1, 0.15) is 58.2 Å². The molecule has 2 atom stereocenters. The van der Waals surface area contributed by atoms with Crippen molar-refractivity contribution in [3.05, 3.63) is 84.5 Å². The second-order valence-electron chi connectivity index (χ2n) is 12.9. The zero-order chi connectivity index (χ0) is 31.3. The largest absolute Gasteiger partial charge is 0.465 e. The Hall–Kier alpha value is -3.71. The lowest BCUT2D eigenvalue weighted by molar-refractivity contribution is 0.0773. The number of unbranched alkanes of at least 4 members (excludes halogenated alkanes) is 2. The molecule has 5 rings (SSSR count). The predicted molar refractivity (Wildman–Crippen MR) is 179 cm³/mol. The molecular weight excluding hydrogens is 551 g/mol. The van der Waals surface area contributed by atoms with E-state index in [4.69, 9.17) is 4.98 Å². The first-order valence-electron chi connectivity index (χ1n) is 16.1. The summed E-state index contributed by atoms with van der Waals surface area (Å²) in [6, 6.07) is 21.9. The van der Waals surface area contributed by atoms with Crippen molar-refractivity contribution in [2.75, 3.05) is 31.6 Å². The molecule has 0 saturated heterocycles. The highest BCUT2D eigenvalue weighted by Gasteiger charge is 2.49. The monoisotopic (exact) mass is 598 g/mol. The van der Waals surface area contributed by atoms with Crippen LogP contribution in [0.25, 0.3) is 21.8 Å². The van der Waals surface area contributed by atoms with Crippen LogP contribution < -0.4 is 4.90 Å². The number of imidazole rings is 1. The van der Waals surface area contributed by atoms with Crippen LogP contribution >= 0.6 is 0 Å². The number of anilines is 1. The standard InChI is InChI=1S/C37H47FN4O2/c1-27(2)37(26-42(36(43)44)31-21-20-28-13-7-8-14-29(28)25-31)30(15-12-18-34(37)38)22-24-40(3)23-11-5-6-19-35-39-32-16-9-10-17-33(32)41(35)4/h7-10,13-14,16-18,20-21,25,27,30H,5-6,11-12,15,19,22-24,26H2,1-4H3,(H,43,44)/t30-,37-/m0/s1. The molecule has 0 aliphatic heterocycles. The van der Waals surface area contributed by atoms with Gasteiger partial charge in [0.2, 0.25) is 0 Å². The van der Waals surface area contributed by atoms with Crippen molar-refractivity contribution in [3.63, 3.8) is 0 Å². The number of aryl methyl sites for hydroxylation is 2. The fourth-order valence-electron chi connectivity index (χ4n) is 7.21. The van der Waals surface area contributed by atoms with Crippen molar-refractivity contribution < 1.29 is 14.3 Å². The maximum Gasteiger partial charge on any atom is 0.411 e. The van der Waals surface area contributed by atoms with Gasteiger partial charge < -0.3 is 14.6 Å². The smallest absolute Gasteiger partial charge is 0.411 e. The number of benzene rings is 3. The second kappa shape index (κ2) is 13.9. The van der Waals surface area contributed by atoms with Crippen LogP contribution in [0.3, 0.4) is 0 Å². The summed E-state index contributed by atoms with van der Waals surface area (Å²) in [4.78, 5) is 21.2. The van der Waals surface area contributed by atoms with Crippen LogP contribution in [0, 0.1) is 17.3 Å². The van der Waals surface area contributed by atoms with Crippen LogP contribution in [0.2, 0.25) is 0 Å². The summed E-state index contributed by atoms with van der Waals surface area (Å²) in [6.45, 7) is 6.04. The van der Waals surface area contributed by atoms with Crippen molar-refractivity contribution in [1.82, 2.24) is 14.5 Å². The van der Waals surface area contributed by atoms with Crippen LogP contribution in [-0.4, -0.2) is 52.3 Å². The molecule has 1 aliphatic carbocycles. The molecule has 0 radical (unpaired) electrons. The minimum Gasteiger partial charge on any atom is -0.465 e. The minimum absolute atomic E-state index is 0.0507. The van der Waals surface area contributed by atoms with Gasteiger partial charge in [0.15, 0.2) is 0 Å². The van der Waals surface area contributed by atoms with Crippen molar-refractivity contribution in [2.45, 2.75) is 58.8 Å². The van der Waals surface area contributed by atoms with Crippen molar-refractivity contribution >= 4 is 33.6 Å². The van der Waals surface area contributed by atoms with Gasteiger partial charge in [-0.3, -0.25) is 4.90 Å². The van der Waals surface area contributed by atoms with E-state index in [1.807, 2.05) is 62.4 Å². The Kier molecular flexibility index (Phi) is 10.0. The highest BCUT2D eigenvalue weighted by Crippen LogP contribution is 2.51. The summed E-state index contributed by atoms with van der Waals surface area (Å²) >= 11 is 0. The van der Waals surface area contributed by atoms with E-state index in [1.54, 1.807) is 6.08 Å². The highest BCUT2D eigenvalue weighted by atomic mass is 19.1. The lowest BCUT2D eigenvalue weighted by Crippen LogP contribution is -2.50. The number of carbonyl (C=O) groups is 1. The number of aromatic nitrogens is 2.